The summed E-state index contributed by atoms with van der Waals surface area (Å²) >= 11 is 15.6. The number of furan rings is 1. The molecule has 3 aromatic rings. The first-order valence-electron chi connectivity index (χ1n) is 11.0. The van der Waals surface area contributed by atoms with Crippen molar-refractivity contribution in [3.63, 3.8) is 0 Å². The van der Waals surface area contributed by atoms with E-state index in [9.17, 15) is 19.5 Å². The maximum absolute atomic E-state index is 13.2. The number of urea groups is 1. The number of halogens is 3. The van der Waals surface area contributed by atoms with Gasteiger partial charge in [0.1, 0.15) is 17.3 Å². The van der Waals surface area contributed by atoms with Crippen LogP contribution in [0.25, 0.3) is 11.0 Å². The van der Waals surface area contributed by atoms with Gasteiger partial charge >= 0.3 is 12.0 Å². The minimum atomic E-state index is -1.11. The third kappa shape index (κ3) is 5.74. The molecule has 0 spiro atoms. The average Bonchev–Trinajstić information content (AvgIpc) is 3.17. The van der Waals surface area contributed by atoms with Gasteiger partial charge in [0, 0.05) is 9.86 Å². The van der Waals surface area contributed by atoms with E-state index >= 15 is 0 Å². The van der Waals surface area contributed by atoms with E-state index in [-0.39, 0.29) is 33.1 Å². The molecule has 1 saturated carbocycles. The third-order valence-corrected chi connectivity index (χ3v) is 7.10. The molecular formula is C24H22BrCl2N3O5. The highest BCUT2D eigenvalue weighted by atomic mass is 79.9. The van der Waals surface area contributed by atoms with E-state index in [1.165, 1.54) is 0 Å². The Morgan fingerprint density at radius 3 is 2.31 bits per heavy atom. The normalized spacial score (nSPS) is 14.9. The van der Waals surface area contributed by atoms with Gasteiger partial charge in [-0.25, -0.2) is 9.59 Å². The van der Waals surface area contributed by atoms with Gasteiger partial charge in [0.25, 0.3) is 5.91 Å². The van der Waals surface area contributed by atoms with Crippen molar-refractivity contribution in [2.75, 3.05) is 10.6 Å². The lowest BCUT2D eigenvalue weighted by Gasteiger charge is -2.27. The Morgan fingerprint density at radius 1 is 1.00 bits per heavy atom. The quantitative estimate of drug-likeness (QED) is 0.252. The Morgan fingerprint density at radius 2 is 1.66 bits per heavy atom. The Labute approximate surface area is 219 Å². The number of fused-ring (bicyclic) bond motifs is 1. The highest BCUT2D eigenvalue weighted by molar-refractivity contribution is 9.10. The standard InChI is InChI=1S/C24H22BrCl2N3O5/c25-13-9-10-14-17(11-13)35-21(22(31)28-18(23(32)33)12-5-2-1-3-6-12)19(14)29-24(34)30-20-15(26)7-4-8-16(20)27/h4,7-12,18H,1-3,5-6H2,(H,28,31)(H,32,33)(H2,29,30,34)/t18-/m0/s1. The molecule has 0 radical (unpaired) electrons. The topological polar surface area (TPSA) is 121 Å². The van der Waals surface area contributed by atoms with Crippen molar-refractivity contribution >= 4 is 79.4 Å². The number of nitrogens with one attached hydrogen (secondary N) is 3. The Bertz CT molecular complexity index is 1270. The Balaban J connectivity index is 1.64. The van der Waals surface area contributed by atoms with Crippen LogP contribution in [0.1, 0.15) is 42.7 Å². The number of aliphatic carboxylic acids is 1. The van der Waals surface area contributed by atoms with Gasteiger partial charge in [-0.3, -0.25) is 4.79 Å². The average molecular weight is 583 g/mol. The maximum atomic E-state index is 13.2. The molecule has 11 heteroatoms. The lowest BCUT2D eigenvalue weighted by atomic mass is 9.84. The molecule has 4 N–H and O–H groups in total. The molecule has 0 unspecified atom stereocenters. The van der Waals surface area contributed by atoms with Crippen LogP contribution in [0.2, 0.25) is 10.0 Å². The first kappa shape index (κ1) is 25.3. The predicted molar refractivity (Wildman–Crippen MR) is 138 cm³/mol. The molecule has 0 bridgehead atoms. The molecule has 8 nitrogen and oxygen atoms in total. The molecule has 0 aliphatic heterocycles. The fourth-order valence-corrected chi connectivity index (χ4v) is 5.12. The predicted octanol–water partition coefficient (Wildman–Crippen LogP) is 6.91. The van der Waals surface area contributed by atoms with Crippen molar-refractivity contribution in [1.82, 2.24) is 5.32 Å². The second kappa shape index (κ2) is 10.9. The van der Waals surface area contributed by atoms with Crippen LogP contribution in [0.15, 0.2) is 45.3 Å². The zero-order chi connectivity index (χ0) is 25.1. The van der Waals surface area contributed by atoms with Crippen molar-refractivity contribution in [1.29, 1.82) is 0 Å². The van der Waals surface area contributed by atoms with Crippen molar-refractivity contribution in [3.8, 4) is 0 Å². The van der Waals surface area contributed by atoms with Gasteiger partial charge < -0.3 is 25.5 Å². The van der Waals surface area contributed by atoms with Crippen LogP contribution in [-0.2, 0) is 4.79 Å². The highest BCUT2D eigenvalue weighted by Crippen LogP contribution is 2.35. The molecule has 1 aliphatic rings. The Hall–Kier alpha value is -2.75. The number of para-hydroxylation sites is 1. The lowest BCUT2D eigenvalue weighted by Crippen LogP contribution is -2.46. The molecule has 1 atom stereocenters. The van der Waals surface area contributed by atoms with Crippen molar-refractivity contribution in [3.05, 3.63) is 56.7 Å². The molecule has 184 valence electrons. The number of carbonyl (C=O) groups excluding carboxylic acids is 2. The fraction of sp³-hybridized carbons (Fsp3) is 0.292. The summed E-state index contributed by atoms with van der Waals surface area (Å²) in [6, 6.07) is 8.07. The van der Waals surface area contributed by atoms with E-state index in [0.29, 0.717) is 15.4 Å². The Kier molecular flexibility index (Phi) is 7.88. The molecule has 1 heterocycles. The van der Waals surface area contributed by atoms with E-state index in [1.807, 2.05) is 0 Å². The number of amides is 3. The second-order valence-corrected chi connectivity index (χ2v) is 10.0. The highest BCUT2D eigenvalue weighted by Gasteiger charge is 2.33. The number of carbonyl (C=O) groups is 3. The molecule has 1 aliphatic carbocycles. The first-order valence-corrected chi connectivity index (χ1v) is 12.6. The number of benzene rings is 2. The molecule has 2 aromatic carbocycles. The molecule has 1 aromatic heterocycles. The van der Waals surface area contributed by atoms with Crippen LogP contribution in [0, 0.1) is 5.92 Å². The molecular weight excluding hydrogens is 561 g/mol. The number of hydrogen-bond donors (Lipinski definition) is 4. The fourth-order valence-electron chi connectivity index (χ4n) is 4.29. The smallest absolute Gasteiger partial charge is 0.326 e. The van der Waals surface area contributed by atoms with Crippen LogP contribution >= 0.6 is 39.1 Å². The zero-order valence-corrected chi connectivity index (χ0v) is 21.5. The molecule has 3 amide bonds. The first-order chi connectivity index (χ1) is 16.7. The monoisotopic (exact) mass is 581 g/mol. The summed E-state index contributed by atoms with van der Waals surface area (Å²) in [4.78, 5) is 38.0. The van der Waals surface area contributed by atoms with Crippen LogP contribution in [-0.4, -0.2) is 29.1 Å². The van der Waals surface area contributed by atoms with Crippen LogP contribution < -0.4 is 16.0 Å². The summed E-state index contributed by atoms with van der Waals surface area (Å²) in [6.07, 6.45) is 4.32. The number of carboxylic acids is 1. The number of rotatable bonds is 6. The van der Waals surface area contributed by atoms with Crippen molar-refractivity contribution in [2.45, 2.75) is 38.1 Å². The summed E-state index contributed by atoms with van der Waals surface area (Å²) in [7, 11) is 0. The number of anilines is 2. The summed E-state index contributed by atoms with van der Waals surface area (Å²) in [6.45, 7) is 0. The van der Waals surface area contributed by atoms with E-state index in [4.69, 9.17) is 27.6 Å². The third-order valence-electron chi connectivity index (χ3n) is 5.97. The van der Waals surface area contributed by atoms with Gasteiger partial charge in [-0.15, -0.1) is 0 Å². The van der Waals surface area contributed by atoms with Crippen molar-refractivity contribution < 1.29 is 23.9 Å². The summed E-state index contributed by atoms with van der Waals surface area (Å²) < 4.78 is 6.48. The van der Waals surface area contributed by atoms with Gasteiger partial charge in [0.15, 0.2) is 0 Å². The lowest BCUT2D eigenvalue weighted by molar-refractivity contribution is -0.141. The van der Waals surface area contributed by atoms with E-state index in [2.05, 4.69) is 31.9 Å². The van der Waals surface area contributed by atoms with E-state index < -0.39 is 23.9 Å². The van der Waals surface area contributed by atoms with Gasteiger partial charge in [-0.2, -0.15) is 0 Å². The summed E-state index contributed by atoms with van der Waals surface area (Å²) in [5, 5.41) is 18.5. The number of carboxylic acid groups (broad SMARTS) is 1. The minimum Gasteiger partial charge on any atom is -0.480 e. The van der Waals surface area contributed by atoms with Gasteiger partial charge in [0.05, 0.1) is 15.7 Å². The van der Waals surface area contributed by atoms with Crippen LogP contribution in [0.3, 0.4) is 0 Å². The van der Waals surface area contributed by atoms with Crippen LogP contribution in [0.5, 0.6) is 0 Å². The molecule has 1 fully saturated rings. The van der Waals surface area contributed by atoms with Gasteiger partial charge in [0.2, 0.25) is 5.76 Å². The molecule has 4 rings (SSSR count). The SMILES string of the molecule is O=C(Nc1c(Cl)cccc1Cl)Nc1c(C(=O)N[C@H](C(=O)O)C2CCCCC2)oc2cc(Br)ccc12. The van der Waals surface area contributed by atoms with Gasteiger partial charge in [-0.05, 0) is 49.1 Å². The second-order valence-electron chi connectivity index (χ2n) is 8.31. The molecule has 35 heavy (non-hydrogen) atoms. The van der Waals surface area contributed by atoms with Crippen molar-refractivity contribution in [2.24, 2.45) is 5.92 Å². The largest absolute Gasteiger partial charge is 0.480 e. The van der Waals surface area contributed by atoms with E-state index in [1.54, 1.807) is 36.4 Å². The zero-order valence-electron chi connectivity index (χ0n) is 18.4. The maximum Gasteiger partial charge on any atom is 0.326 e. The summed E-state index contributed by atoms with van der Waals surface area (Å²) in [5.41, 5.74) is 0.636. The summed E-state index contributed by atoms with van der Waals surface area (Å²) in [5.74, 6) is -2.22. The number of hydrogen-bond acceptors (Lipinski definition) is 4. The minimum absolute atomic E-state index is 0.0958. The van der Waals surface area contributed by atoms with E-state index in [0.717, 1.165) is 32.1 Å². The van der Waals surface area contributed by atoms with Crippen LogP contribution in [0.4, 0.5) is 16.2 Å². The van der Waals surface area contributed by atoms with Gasteiger partial charge in [-0.1, -0.05) is 64.5 Å². The molecule has 0 saturated heterocycles.